The van der Waals surface area contributed by atoms with Crippen LogP contribution in [0.15, 0.2) is 4.99 Å². The summed E-state index contributed by atoms with van der Waals surface area (Å²) in [5.41, 5.74) is 0.933. The first-order valence-electron chi connectivity index (χ1n) is 2.48. The lowest BCUT2D eigenvalue weighted by Gasteiger charge is -1.92. The first kappa shape index (κ1) is 7.30. The van der Waals surface area contributed by atoms with Crippen molar-refractivity contribution in [2.75, 3.05) is 13.6 Å². The van der Waals surface area contributed by atoms with Crippen LogP contribution < -0.4 is 5.32 Å². The number of hydrogen-bond donors (Lipinski definition) is 2. The molecule has 0 aromatic rings. The quantitative estimate of drug-likeness (QED) is 0.400. The minimum absolute atomic E-state index is 0.759. The van der Waals surface area contributed by atoms with Gasteiger partial charge in [0.15, 0.2) is 0 Å². The van der Waals surface area contributed by atoms with Crippen molar-refractivity contribution in [3.8, 4) is 0 Å². The molecule has 3 heteroatoms. The lowest BCUT2D eigenvalue weighted by molar-refractivity contribution is 0.944. The molecule has 3 nitrogen and oxygen atoms in total. The van der Waals surface area contributed by atoms with Crippen LogP contribution in [0.3, 0.4) is 0 Å². The van der Waals surface area contributed by atoms with Gasteiger partial charge in [-0.15, -0.1) is 0 Å². The summed E-state index contributed by atoms with van der Waals surface area (Å²) in [6, 6.07) is 0. The van der Waals surface area contributed by atoms with E-state index in [4.69, 9.17) is 5.41 Å². The topological polar surface area (TPSA) is 48.2 Å². The maximum atomic E-state index is 6.57. The van der Waals surface area contributed by atoms with E-state index in [-0.39, 0.29) is 0 Å². The molecule has 0 saturated carbocycles. The summed E-state index contributed by atoms with van der Waals surface area (Å²) in [6.45, 7) is 2.64. The van der Waals surface area contributed by atoms with Crippen molar-refractivity contribution in [1.29, 1.82) is 5.41 Å². The zero-order valence-corrected chi connectivity index (χ0v) is 5.23. The monoisotopic (exact) mass is 113 g/mol. The average Bonchev–Trinajstić information content (AvgIpc) is 1.68. The molecule has 0 aliphatic heterocycles. The molecule has 0 bridgehead atoms. The summed E-state index contributed by atoms with van der Waals surface area (Å²) < 4.78 is 0. The van der Waals surface area contributed by atoms with Gasteiger partial charge in [-0.1, -0.05) is 0 Å². The highest BCUT2D eigenvalue weighted by molar-refractivity contribution is 5.89. The zero-order valence-electron chi connectivity index (χ0n) is 5.23. The molecule has 0 aliphatic carbocycles. The van der Waals surface area contributed by atoms with Crippen LogP contribution in [0.1, 0.15) is 6.92 Å². The number of aliphatic imine (C=N–C) groups is 1. The number of nitrogens with zero attached hydrogens (tertiary/aromatic N) is 1. The minimum Gasteiger partial charge on any atom is -0.315 e. The van der Waals surface area contributed by atoms with Crippen LogP contribution in [-0.2, 0) is 0 Å². The Bertz CT molecular complexity index is 95.8. The lowest BCUT2D eigenvalue weighted by atomic mass is 10.4. The molecule has 2 N–H and O–H groups in total. The van der Waals surface area contributed by atoms with E-state index in [2.05, 4.69) is 10.3 Å². The highest BCUT2D eigenvalue weighted by atomic mass is 14.9. The van der Waals surface area contributed by atoms with E-state index >= 15 is 0 Å². The van der Waals surface area contributed by atoms with Gasteiger partial charge in [-0.05, 0) is 14.0 Å². The molecule has 0 aromatic carbocycles. The normalized spacial score (nSPS) is 11.5. The third-order valence-corrected chi connectivity index (χ3v) is 0.718. The standard InChI is InChI=1S/C5H11N3/c1-5(3-7-2)8-4-6/h4,6-7H,3H2,1-2H3. The van der Waals surface area contributed by atoms with Gasteiger partial charge in [0.05, 0.1) is 0 Å². The second-order valence-electron chi connectivity index (χ2n) is 1.52. The largest absolute Gasteiger partial charge is 0.315 e. The second kappa shape index (κ2) is 4.46. The molecule has 0 aromatic heterocycles. The van der Waals surface area contributed by atoms with E-state index in [0.29, 0.717) is 0 Å². The average molecular weight is 113 g/mol. The number of rotatable bonds is 3. The van der Waals surface area contributed by atoms with Gasteiger partial charge in [0, 0.05) is 12.3 Å². The van der Waals surface area contributed by atoms with Gasteiger partial charge in [-0.25, -0.2) is 4.99 Å². The Balaban J connectivity index is 3.44. The van der Waals surface area contributed by atoms with E-state index in [9.17, 15) is 0 Å². The molecule has 0 heterocycles. The molecule has 0 radical (unpaired) electrons. The predicted molar refractivity (Wildman–Crippen MR) is 35.8 cm³/mol. The molecule has 0 atom stereocenters. The highest BCUT2D eigenvalue weighted by Gasteiger charge is 1.82. The van der Waals surface area contributed by atoms with Gasteiger partial charge in [0.1, 0.15) is 6.34 Å². The van der Waals surface area contributed by atoms with E-state index in [1.165, 1.54) is 0 Å². The van der Waals surface area contributed by atoms with E-state index in [0.717, 1.165) is 18.6 Å². The van der Waals surface area contributed by atoms with Crippen molar-refractivity contribution in [3.63, 3.8) is 0 Å². The smallest absolute Gasteiger partial charge is 0.106 e. The lowest BCUT2D eigenvalue weighted by Crippen LogP contribution is -2.15. The first-order valence-corrected chi connectivity index (χ1v) is 2.48. The second-order valence-corrected chi connectivity index (χ2v) is 1.52. The SMILES string of the molecule is CNCC(C)=NC=N. The molecule has 0 saturated heterocycles. The fourth-order valence-corrected chi connectivity index (χ4v) is 0.412. The summed E-state index contributed by atoms with van der Waals surface area (Å²) in [4.78, 5) is 3.71. The van der Waals surface area contributed by atoms with Crippen molar-refractivity contribution < 1.29 is 0 Å². The Morgan fingerprint density at radius 1 is 1.88 bits per heavy atom. The van der Waals surface area contributed by atoms with Crippen molar-refractivity contribution in [1.82, 2.24) is 5.32 Å². The maximum Gasteiger partial charge on any atom is 0.106 e. The molecule has 0 spiro atoms. The van der Waals surface area contributed by atoms with Crippen molar-refractivity contribution in [2.24, 2.45) is 4.99 Å². The van der Waals surface area contributed by atoms with Gasteiger partial charge in [-0.3, -0.25) is 5.41 Å². The summed E-state index contributed by atoms with van der Waals surface area (Å²) in [5.74, 6) is 0. The van der Waals surface area contributed by atoms with Gasteiger partial charge >= 0.3 is 0 Å². The van der Waals surface area contributed by atoms with E-state index < -0.39 is 0 Å². The molecule has 0 unspecified atom stereocenters. The third-order valence-electron chi connectivity index (χ3n) is 0.718. The minimum atomic E-state index is 0.759. The van der Waals surface area contributed by atoms with Crippen molar-refractivity contribution in [3.05, 3.63) is 0 Å². The van der Waals surface area contributed by atoms with Crippen LogP contribution in [0, 0.1) is 5.41 Å². The Hall–Kier alpha value is -0.700. The molecular formula is C5H11N3. The molecule has 0 aliphatic rings. The Labute approximate surface area is 49.3 Å². The molecule has 0 amide bonds. The highest BCUT2D eigenvalue weighted by Crippen LogP contribution is 1.68. The van der Waals surface area contributed by atoms with Crippen LogP contribution in [0.5, 0.6) is 0 Å². The van der Waals surface area contributed by atoms with E-state index in [1.807, 2.05) is 14.0 Å². The number of hydrogen-bond acceptors (Lipinski definition) is 2. The maximum absolute atomic E-state index is 6.57. The zero-order chi connectivity index (χ0) is 6.41. The van der Waals surface area contributed by atoms with Gasteiger partial charge in [-0.2, -0.15) is 0 Å². The summed E-state index contributed by atoms with van der Waals surface area (Å²) >= 11 is 0. The van der Waals surface area contributed by atoms with Crippen LogP contribution in [0.25, 0.3) is 0 Å². The molecular weight excluding hydrogens is 102 g/mol. The third kappa shape index (κ3) is 3.49. The van der Waals surface area contributed by atoms with Crippen LogP contribution >= 0.6 is 0 Å². The van der Waals surface area contributed by atoms with E-state index in [1.54, 1.807) is 0 Å². The summed E-state index contributed by atoms with van der Waals surface area (Å²) in [6.07, 6.45) is 1.05. The van der Waals surface area contributed by atoms with Gasteiger partial charge in [0.2, 0.25) is 0 Å². The fraction of sp³-hybridized carbons (Fsp3) is 0.600. The molecule has 0 rings (SSSR count). The van der Waals surface area contributed by atoms with Crippen molar-refractivity contribution >= 4 is 12.1 Å². The summed E-state index contributed by atoms with van der Waals surface area (Å²) in [5, 5.41) is 9.49. The first-order chi connectivity index (χ1) is 3.81. The van der Waals surface area contributed by atoms with Crippen molar-refractivity contribution in [2.45, 2.75) is 6.92 Å². The predicted octanol–water partition coefficient (Wildman–Crippen LogP) is 0.274. The van der Waals surface area contributed by atoms with Crippen LogP contribution in [-0.4, -0.2) is 25.6 Å². The Morgan fingerprint density at radius 2 is 2.50 bits per heavy atom. The van der Waals surface area contributed by atoms with Crippen LogP contribution in [0.2, 0.25) is 0 Å². The van der Waals surface area contributed by atoms with Gasteiger partial charge in [0.25, 0.3) is 0 Å². The van der Waals surface area contributed by atoms with Gasteiger partial charge < -0.3 is 5.32 Å². The van der Waals surface area contributed by atoms with Crippen LogP contribution in [0.4, 0.5) is 0 Å². The molecule has 8 heavy (non-hydrogen) atoms. The molecule has 0 fully saturated rings. The Morgan fingerprint density at radius 3 is 2.88 bits per heavy atom. The number of nitrogens with one attached hydrogen (secondary N) is 2. The molecule has 46 valence electrons. The Kier molecular flexibility index (Phi) is 4.07. The fourth-order valence-electron chi connectivity index (χ4n) is 0.412. The summed E-state index contributed by atoms with van der Waals surface area (Å²) in [7, 11) is 1.85.